The number of carbonyl (C=O) groups is 1. The molecule has 2 aromatic carbocycles. The van der Waals surface area contributed by atoms with Crippen LogP contribution in [0.15, 0.2) is 64.3 Å². The Morgan fingerprint density at radius 2 is 1.81 bits per heavy atom. The number of nitrogens with one attached hydrogen (secondary N) is 2. The van der Waals surface area contributed by atoms with Crippen LogP contribution in [0.2, 0.25) is 0 Å². The Bertz CT molecular complexity index is 1290. The number of para-hydroxylation sites is 1. The van der Waals surface area contributed by atoms with E-state index in [0.29, 0.717) is 30.3 Å². The molecule has 0 bridgehead atoms. The molecular formula is C22H25N5O4S. The third-order valence-electron chi connectivity index (χ3n) is 5.58. The Labute approximate surface area is 186 Å². The maximum Gasteiger partial charge on any atom is 0.262 e. The summed E-state index contributed by atoms with van der Waals surface area (Å²) >= 11 is 0. The van der Waals surface area contributed by atoms with Gasteiger partial charge in [-0.1, -0.05) is 36.8 Å². The number of fused-ring (bicyclic) bond motifs is 1. The standard InChI is InChI=1S/C22H25N5O4S/c1-2-26-21(29)17-12-6-7-13-18(17)23-22(26)25-24-20(28)19-14-8-9-15-27(19)32(30,31)16-10-4-3-5-11-16/h3-7,10-13,19H,2,8-9,14-15H2,1H3,(H,23,25)(H,24,28)/t19-/m0/s1. The molecule has 0 unspecified atom stereocenters. The Kier molecular flexibility index (Phi) is 6.24. The first kappa shape index (κ1) is 22.0. The van der Waals surface area contributed by atoms with E-state index in [4.69, 9.17) is 0 Å². The average molecular weight is 456 g/mol. The van der Waals surface area contributed by atoms with E-state index in [9.17, 15) is 18.0 Å². The van der Waals surface area contributed by atoms with Crippen molar-refractivity contribution in [3.63, 3.8) is 0 Å². The summed E-state index contributed by atoms with van der Waals surface area (Å²) in [6, 6.07) is 14.2. The molecule has 32 heavy (non-hydrogen) atoms. The zero-order valence-electron chi connectivity index (χ0n) is 17.7. The fraction of sp³-hybridized carbons (Fsp3) is 0.318. The van der Waals surface area contributed by atoms with Gasteiger partial charge in [0.05, 0.1) is 15.8 Å². The molecule has 0 spiro atoms. The first-order valence-corrected chi connectivity index (χ1v) is 12.0. The van der Waals surface area contributed by atoms with Gasteiger partial charge in [-0.2, -0.15) is 4.31 Å². The van der Waals surface area contributed by atoms with Crippen molar-refractivity contribution in [1.29, 1.82) is 0 Å². The zero-order valence-corrected chi connectivity index (χ0v) is 18.5. The van der Waals surface area contributed by atoms with Gasteiger partial charge in [-0.05, 0) is 44.0 Å². The highest BCUT2D eigenvalue weighted by Crippen LogP contribution is 2.25. The number of anilines is 1. The van der Waals surface area contributed by atoms with Gasteiger partial charge in [-0.15, -0.1) is 0 Å². The Balaban J connectivity index is 1.58. The van der Waals surface area contributed by atoms with E-state index in [1.54, 1.807) is 49.4 Å². The van der Waals surface area contributed by atoms with Crippen LogP contribution in [0.25, 0.3) is 10.9 Å². The van der Waals surface area contributed by atoms with Crippen LogP contribution in [0.1, 0.15) is 26.2 Å². The van der Waals surface area contributed by atoms with Crippen molar-refractivity contribution in [3.05, 3.63) is 65.0 Å². The number of amides is 1. The number of nitrogens with zero attached hydrogens (tertiary/aromatic N) is 3. The second kappa shape index (κ2) is 9.09. The minimum absolute atomic E-state index is 0.156. The molecule has 2 N–H and O–H groups in total. The van der Waals surface area contributed by atoms with Crippen LogP contribution in [-0.4, -0.2) is 40.8 Å². The number of piperidine rings is 1. The number of rotatable bonds is 6. The van der Waals surface area contributed by atoms with Gasteiger partial charge < -0.3 is 0 Å². The fourth-order valence-corrected chi connectivity index (χ4v) is 5.62. The summed E-state index contributed by atoms with van der Waals surface area (Å²) in [6.45, 7) is 2.43. The molecule has 10 heteroatoms. The number of sulfonamides is 1. The minimum Gasteiger partial charge on any atom is -0.277 e. The van der Waals surface area contributed by atoms with E-state index in [0.717, 1.165) is 6.42 Å². The van der Waals surface area contributed by atoms with Crippen molar-refractivity contribution in [1.82, 2.24) is 19.3 Å². The van der Waals surface area contributed by atoms with Gasteiger partial charge in [0.25, 0.3) is 11.5 Å². The molecule has 1 amide bonds. The molecule has 3 aromatic rings. The first-order valence-electron chi connectivity index (χ1n) is 10.6. The number of hydrogen-bond acceptors (Lipinski definition) is 6. The first-order chi connectivity index (χ1) is 15.4. The Morgan fingerprint density at radius 3 is 2.56 bits per heavy atom. The molecule has 1 aromatic heterocycles. The monoisotopic (exact) mass is 455 g/mol. The molecule has 0 radical (unpaired) electrons. The van der Waals surface area contributed by atoms with Crippen molar-refractivity contribution in [3.8, 4) is 0 Å². The van der Waals surface area contributed by atoms with Gasteiger partial charge in [0.1, 0.15) is 6.04 Å². The molecule has 1 aliphatic rings. The molecule has 0 aliphatic carbocycles. The van der Waals surface area contributed by atoms with Gasteiger partial charge >= 0.3 is 0 Å². The predicted molar refractivity (Wildman–Crippen MR) is 121 cm³/mol. The number of carbonyl (C=O) groups excluding carboxylic acids is 1. The quantitative estimate of drug-likeness (QED) is 0.551. The molecule has 1 atom stereocenters. The summed E-state index contributed by atoms with van der Waals surface area (Å²) in [6.07, 6.45) is 1.84. The van der Waals surface area contributed by atoms with Crippen molar-refractivity contribution in [2.75, 3.05) is 12.0 Å². The lowest BCUT2D eigenvalue weighted by Gasteiger charge is -2.33. The molecule has 4 rings (SSSR count). The Morgan fingerprint density at radius 1 is 1.09 bits per heavy atom. The summed E-state index contributed by atoms with van der Waals surface area (Å²) in [5.74, 6) is -0.299. The number of aromatic nitrogens is 2. The van der Waals surface area contributed by atoms with E-state index in [-0.39, 0.29) is 22.9 Å². The van der Waals surface area contributed by atoms with E-state index >= 15 is 0 Å². The highest BCUT2D eigenvalue weighted by molar-refractivity contribution is 7.89. The summed E-state index contributed by atoms with van der Waals surface area (Å²) < 4.78 is 28.9. The summed E-state index contributed by atoms with van der Waals surface area (Å²) in [5.41, 5.74) is 5.59. The maximum absolute atomic E-state index is 13.1. The predicted octanol–water partition coefficient (Wildman–Crippen LogP) is 2.10. The molecule has 168 valence electrons. The van der Waals surface area contributed by atoms with Crippen molar-refractivity contribution >= 4 is 32.8 Å². The number of hydrogen-bond donors (Lipinski definition) is 2. The normalized spacial score (nSPS) is 17.2. The maximum atomic E-state index is 13.1. The number of hydrazine groups is 1. The van der Waals surface area contributed by atoms with E-state index in [1.165, 1.54) is 21.0 Å². The summed E-state index contributed by atoms with van der Waals surface area (Å²) in [5, 5.41) is 0.485. The molecule has 1 aliphatic heterocycles. The topological polar surface area (TPSA) is 113 Å². The Hall–Kier alpha value is -3.24. The highest BCUT2D eigenvalue weighted by atomic mass is 32.2. The van der Waals surface area contributed by atoms with Crippen LogP contribution >= 0.6 is 0 Å². The molecule has 1 fully saturated rings. The van der Waals surface area contributed by atoms with E-state index < -0.39 is 22.0 Å². The average Bonchev–Trinajstić information content (AvgIpc) is 2.83. The van der Waals surface area contributed by atoms with Crippen molar-refractivity contribution < 1.29 is 13.2 Å². The largest absolute Gasteiger partial charge is 0.277 e. The molecule has 2 heterocycles. The van der Waals surface area contributed by atoms with Crippen LogP contribution in [0, 0.1) is 0 Å². The molecule has 1 saturated heterocycles. The van der Waals surface area contributed by atoms with Crippen LogP contribution < -0.4 is 16.4 Å². The second-order valence-corrected chi connectivity index (χ2v) is 9.45. The highest BCUT2D eigenvalue weighted by Gasteiger charge is 2.37. The SMILES string of the molecule is CCn1c(NNC(=O)[C@@H]2CCCCN2S(=O)(=O)c2ccccc2)nc2ccccc2c1=O. The van der Waals surface area contributed by atoms with E-state index in [2.05, 4.69) is 15.8 Å². The van der Waals surface area contributed by atoms with Crippen LogP contribution in [0.3, 0.4) is 0 Å². The fourth-order valence-electron chi connectivity index (χ4n) is 3.94. The summed E-state index contributed by atoms with van der Waals surface area (Å²) in [7, 11) is -3.81. The zero-order chi connectivity index (χ0) is 22.7. The molecular weight excluding hydrogens is 430 g/mol. The van der Waals surface area contributed by atoms with Gasteiger partial charge in [0.15, 0.2) is 0 Å². The van der Waals surface area contributed by atoms with Crippen LogP contribution in [0.4, 0.5) is 5.95 Å². The lowest BCUT2D eigenvalue weighted by atomic mass is 10.0. The lowest BCUT2D eigenvalue weighted by molar-refractivity contribution is -0.125. The molecule has 9 nitrogen and oxygen atoms in total. The van der Waals surface area contributed by atoms with Crippen molar-refractivity contribution in [2.45, 2.75) is 43.7 Å². The van der Waals surface area contributed by atoms with Gasteiger partial charge in [0.2, 0.25) is 16.0 Å². The van der Waals surface area contributed by atoms with Crippen LogP contribution in [0.5, 0.6) is 0 Å². The van der Waals surface area contributed by atoms with Crippen LogP contribution in [-0.2, 0) is 21.4 Å². The second-order valence-electron chi connectivity index (χ2n) is 7.56. The molecule has 0 saturated carbocycles. The third-order valence-corrected chi connectivity index (χ3v) is 7.50. The third kappa shape index (κ3) is 4.11. The lowest BCUT2D eigenvalue weighted by Crippen LogP contribution is -2.53. The van der Waals surface area contributed by atoms with Gasteiger partial charge in [-0.3, -0.25) is 25.0 Å². The van der Waals surface area contributed by atoms with E-state index in [1.807, 2.05) is 0 Å². The van der Waals surface area contributed by atoms with Gasteiger partial charge in [0, 0.05) is 13.1 Å². The number of benzene rings is 2. The minimum atomic E-state index is -3.81. The summed E-state index contributed by atoms with van der Waals surface area (Å²) in [4.78, 5) is 30.4. The smallest absolute Gasteiger partial charge is 0.262 e. The van der Waals surface area contributed by atoms with Crippen molar-refractivity contribution in [2.24, 2.45) is 0 Å². The van der Waals surface area contributed by atoms with Gasteiger partial charge in [-0.25, -0.2) is 13.4 Å².